The van der Waals surface area contributed by atoms with E-state index in [1.165, 1.54) is 15.1 Å². The molecule has 0 bridgehead atoms. The average Bonchev–Trinajstić information content (AvgIpc) is 3.40. The van der Waals surface area contributed by atoms with E-state index in [2.05, 4.69) is 29.3 Å². The highest BCUT2D eigenvalue weighted by Gasteiger charge is 2.24. The molecule has 0 saturated carbocycles. The Labute approximate surface area is 197 Å². The number of nitrogens with zero attached hydrogens (tertiary/aromatic N) is 4. The molecular formula is C25H22N4O2S2. The molecule has 3 aromatic carbocycles. The number of aromatic nitrogens is 4. The largest absolute Gasteiger partial charge is 0.305 e. The summed E-state index contributed by atoms with van der Waals surface area (Å²) in [6, 6.07) is 24.2. The number of rotatable bonds is 6. The number of hydrogen-bond donors (Lipinski definition) is 0. The van der Waals surface area contributed by atoms with E-state index in [9.17, 15) is 8.42 Å². The van der Waals surface area contributed by atoms with Gasteiger partial charge in [-0.25, -0.2) is 12.4 Å². The SMILES string of the molecule is Cc1ccccc1CSc1nnc(-c2cn(S(=O)(=O)c3ccccc3)c3ccccc23)n1C. The molecule has 0 aliphatic carbocycles. The first-order valence-electron chi connectivity index (χ1n) is 10.4. The van der Waals surface area contributed by atoms with Crippen LogP contribution in [0.25, 0.3) is 22.3 Å². The maximum atomic E-state index is 13.4. The monoisotopic (exact) mass is 474 g/mol. The summed E-state index contributed by atoms with van der Waals surface area (Å²) < 4.78 is 30.0. The highest BCUT2D eigenvalue weighted by atomic mass is 32.2. The van der Waals surface area contributed by atoms with Gasteiger partial charge in [-0.1, -0.05) is 72.4 Å². The molecular weight excluding hydrogens is 452 g/mol. The zero-order valence-corrected chi connectivity index (χ0v) is 19.8. The van der Waals surface area contributed by atoms with Crippen molar-refractivity contribution in [1.82, 2.24) is 18.7 Å². The fourth-order valence-electron chi connectivity index (χ4n) is 3.82. The second-order valence-corrected chi connectivity index (χ2v) is 10.5. The van der Waals surface area contributed by atoms with Gasteiger partial charge in [0.05, 0.1) is 10.4 Å². The summed E-state index contributed by atoms with van der Waals surface area (Å²) in [6.07, 6.45) is 1.65. The van der Waals surface area contributed by atoms with Crippen molar-refractivity contribution in [2.75, 3.05) is 0 Å². The van der Waals surface area contributed by atoms with E-state index in [1.54, 1.807) is 48.3 Å². The molecule has 8 heteroatoms. The van der Waals surface area contributed by atoms with Gasteiger partial charge in [0.25, 0.3) is 10.0 Å². The van der Waals surface area contributed by atoms with Crippen molar-refractivity contribution in [3.63, 3.8) is 0 Å². The normalized spacial score (nSPS) is 11.8. The molecule has 2 aromatic heterocycles. The molecule has 0 fully saturated rings. The fraction of sp³-hybridized carbons (Fsp3) is 0.120. The quantitative estimate of drug-likeness (QED) is 0.313. The maximum Gasteiger partial charge on any atom is 0.268 e. The fourth-order valence-corrected chi connectivity index (χ4v) is 6.20. The summed E-state index contributed by atoms with van der Waals surface area (Å²) >= 11 is 1.61. The lowest BCUT2D eigenvalue weighted by Gasteiger charge is -2.07. The summed E-state index contributed by atoms with van der Waals surface area (Å²) in [7, 11) is -1.85. The second kappa shape index (κ2) is 8.53. The Kier molecular flexibility index (Phi) is 5.55. The average molecular weight is 475 g/mol. The standard InChI is InChI=1S/C25H22N4O2S2/c1-18-10-6-7-11-19(18)17-32-25-27-26-24(28(25)2)22-16-29(23-15-9-8-14-21(22)23)33(30,31)20-12-4-3-5-13-20/h3-16H,17H2,1-2H3. The van der Waals surface area contributed by atoms with Gasteiger partial charge < -0.3 is 4.57 Å². The van der Waals surface area contributed by atoms with Crippen LogP contribution in [-0.4, -0.2) is 27.2 Å². The molecule has 0 amide bonds. The van der Waals surface area contributed by atoms with Crippen LogP contribution in [0.4, 0.5) is 0 Å². The predicted molar refractivity (Wildman–Crippen MR) is 132 cm³/mol. The number of aryl methyl sites for hydroxylation is 1. The van der Waals surface area contributed by atoms with E-state index in [0.29, 0.717) is 11.3 Å². The molecule has 0 aliphatic heterocycles. The number of benzene rings is 3. The van der Waals surface area contributed by atoms with Crippen molar-refractivity contribution in [2.24, 2.45) is 7.05 Å². The number of hydrogen-bond acceptors (Lipinski definition) is 5. The van der Waals surface area contributed by atoms with Crippen LogP contribution in [0.5, 0.6) is 0 Å². The third-order valence-electron chi connectivity index (χ3n) is 5.67. The third kappa shape index (κ3) is 3.85. The first kappa shape index (κ1) is 21.5. The van der Waals surface area contributed by atoms with Crippen LogP contribution in [-0.2, 0) is 22.8 Å². The summed E-state index contributed by atoms with van der Waals surface area (Å²) in [5.74, 6) is 1.41. The maximum absolute atomic E-state index is 13.4. The molecule has 2 heterocycles. The Morgan fingerprint density at radius 2 is 1.58 bits per heavy atom. The van der Waals surface area contributed by atoms with Gasteiger partial charge in [0.1, 0.15) is 0 Å². The summed E-state index contributed by atoms with van der Waals surface area (Å²) in [5.41, 5.74) is 3.82. The minimum Gasteiger partial charge on any atom is -0.305 e. The van der Waals surface area contributed by atoms with Gasteiger partial charge in [-0.15, -0.1) is 10.2 Å². The molecule has 0 saturated heterocycles. The molecule has 0 atom stereocenters. The van der Waals surface area contributed by atoms with Crippen LogP contribution in [0.15, 0.2) is 95.1 Å². The van der Waals surface area contributed by atoms with Crippen LogP contribution in [0, 0.1) is 6.92 Å². The van der Waals surface area contributed by atoms with Crippen LogP contribution < -0.4 is 0 Å². The van der Waals surface area contributed by atoms with E-state index in [0.717, 1.165) is 21.9 Å². The van der Waals surface area contributed by atoms with Gasteiger partial charge in [0, 0.05) is 29.9 Å². The van der Waals surface area contributed by atoms with E-state index in [-0.39, 0.29) is 4.90 Å². The van der Waals surface area contributed by atoms with E-state index in [1.807, 2.05) is 48.0 Å². The Hall–Kier alpha value is -3.36. The van der Waals surface area contributed by atoms with Gasteiger partial charge in [0.2, 0.25) is 0 Å². The molecule has 0 radical (unpaired) electrons. The van der Waals surface area contributed by atoms with Gasteiger partial charge in [-0.2, -0.15) is 0 Å². The molecule has 5 aromatic rings. The van der Waals surface area contributed by atoms with Crippen molar-refractivity contribution >= 4 is 32.7 Å². The van der Waals surface area contributed by atoms with Crippen molar-refractivity contribution in [2.45, 2.75) is 22.7 Å². The van der Waals surface area contributed by atoms with Gasteiger partial charge in [-0.05, 0) is 36.2 Å². The molecule has 33 heavy (non-hydrogen) atoms. The molecule has 0 N–H and O–H groups in total. The number of para-hydroxylation sites is 1. The van der Waals surface area contributed by atoms with E-state index < -0.39 is 10.0 Å². The Morgan fingerprint density at radius 1 is 0.879 bits per heavy atom. The van der Waals surface area contributed by atoms with E-state index in [4.69, 9.17) is 0 Å². The topological polar surface area (TPSA) is 69.8 Å². The summed E-state index contributed by atoms with van der Waals surface area (Å²) in [4.78, 5) is 0.241. The smallest absolute Gasteiger partial charge is 0.268 e. The first-order chi connectivity index (χ1) is 16.0. The highest BCUT2D eigenvalue weighted by molar-refractivity contribution is 7.98. The number of thioether (sulfide) groups is 1. The lowest BCUT2D eigenvalue weighted by Crippen LogP contribution is -2.11. The number of fused-ring (bicyclic) bond motifs is 1. The summed E-state index contributed by atoms with van der Waals surface area (Å²) in [5, 5.41) is 10.4. The highest BCUT2D eigenvalue weighted by Crippen LogP contribution is 2.33. The Morgan fingerprint density at radius 3 is 2.36 bits per heavy atom. The zero-order chi connectivity index (χ0) is 23.0. The predicted octanol–water partition coefficient (Wildman–Crippen LogP) is 5.27. The molecule has 0 aliphatic rings. The van der Waals surface area contributed by atoms with Crippen LogP contribution in [0.3, 0.4) is 0 Å². The summed E-state index contributed by atoms with van der Waals surface area (Å²) in [6.45, 7) is 2.10. The second-order valence-electron chi connectivity index (χ2n) is 7.75. The first-order valence-corrected chi connectivity index (χ1v) is 12.9. The van der Waals surface area contributed by atoms with Crippen molar-refractivity contribution in [3.05, 3.63) is 96.2 Å². The lowest BCUT2D eigenvalue weighted by molar-refractivity contribution is 0.589. The third-order valence-corrected chi connectivity index (χ3v) is 8.43. The van der Waals surface area contributed by atoms with Crippen LogP contribution in [0.1, 0.15) is 11.1 Å². The van der Waals surface area contributed by atoms with E-state index >= 15 is 0 Å². The van der Waals surface area contributed by atoms with Crippen molar-refractivity contribution in [1.29, 1.82) is 0 Å². The molecule has 5 rings (SSSR count). The minimum atomic E-state index is -3.76. The molecule has 166 valence electrons. The van der Waals surface area contributed by atoms with Gasteiger partial charge in [0.15, 0.2) is 11.0 Å². The lowest BCUT2D eigenvalue weighted by atomic mass is 10.1. The van der Waals surface area contributed by atoms with Crippen LogP contribution >= 0.6 is 11.8 Å². The van der Waals surface area contributed by atoms with Crippen molar-refractivity contribution in [3.8, 4) is 11.4 Å². The Balaban J connectivity index is 1.56. The van der Waals surface area contributed by atoms with Crippen molar-refractivity contribution < 1.29 is 8.42 Å². The minimum absolute atomic E-state index is 0.241. The molecule has 0 unspecified atom stereocenters. The van der Waals surface area contributed by atoms with Gasteiger partial charge in [-0.3, -0.25) is 0 Å². The van der Waals surface area contributed by atoms with Gasteiger partial charge >= 0.3 is 0 Å². The molecule has 6 nitrogen and oxygen atoms in total. The Bertz CT molecular complexity index is 1550. The zero-order valence-electron chi connectivity index (χ0n) is 18.2. The molecule has 0 spiro atoms. The van der Waals surface area contributed by atoms with Crippen LogP contribution in [0.2, 0.25) is 0 Å².